The van der Waals surface area contributed by atoms with Gasteiger partial charge in [0, 0.05) is 71.5 Å². The molecule has 5 rings (SSSR count). The Kier molecular flexibility index (Phi) is 8.06. The number of halogens is 3. The standard InChI is InChI=1S/C29H34ClF2N3O5S/c1-14-9-22(41-4)20(27(38)34-14)13-33-26(37)19-10-21(30)24-23(15(19)2)39-28(3,40-24)17-5-7-18(8-6-17)35-25(36)16-11-29(31,32)12-16/h9-10,16-18H,5-8,11-13H2,1-4H3,(H,33,37)(H,34,38)(H,35,36)/t17?,18?,28-/m0/s1. The lowest BCUT2D eigenvalue weighted by Crippen LogP contribution is -2.50. The maximum atomic E-state index is 13.2. The highest BCUT2D eigenvalue weighted by Gasteiger charge is 2.50. The van der Waals surface area contributed by atoms with Crippen LogP contribution in [0.25, 0.3) is 0 Å². The minimum atomic E-state index is -2.72. The molecular formula is C29H34ClF2N3O5S. The predicted octanol–water partition coefficient (Wildman–Crippen LogP) is 5.50. The van der Waals surface area contributed by atoms with E-state index in [-0.39, 0.29) is 47.8 Å². The number of hydrogen-bond donors (Lipinski definition) is 3. The number of rotatable bonds is 7. The van der Waals surface area contributed by atoms with Crippen LogP contribution in [-0.2, 0) is 11.3 Å². The zero-order valence-corrected chi connectivity index (χ0v) is 25.0. The van der Waals surface area contributed by atoms with Gasteiger partial charge in [0.1, 0.15) is 0 Å². The third-order valence-electron chi connectivity index (χ3n) is 8.44. The Hall–Kier alpha value is -2.79. The number of aromatic nitrogens is 1. The zero-order chi connectivity index (χ0) is 29.7. The van der Waals surface area contributed by atoms with E-state index >= 15 is 0 Å². The minimum Gasteiger partial charge on any atom is -0.448 e. The third kappa shape index (κ3) is 5.93. The van der Waals surface area contributed by atoms with Crippen molar-refractivity contribution >= 4 is 35.2 Å². The molecule has 2 amide bonds. The summed E-state index contributed by atoms with van der Waals surface area (Å²) in [6.45, 7) is 5.47. The molecule has 2 aromatic rings. The number of thioether (sulfide) groups is 1. The highest BCUT2D eigenvalue weighted by atomic mass is 35.5. The molecule has 0 bridgehead atoms. The number of ether oxygens (including phenoxy) is 2. The smallest absolute Gasteiger partial charge is 0.254 e. The predicted molar refractivity (Wildman–Crippen MR) is 152 cm³/mol. The lowest BCUT2D eigenvalue weighted by molar-refractivity contribution is -0.151. The Morgan fingerprint density at radius 3 is 2.41 bits per heavy atom. The molecule has 0 saturated heterocycles. The zero-order valence-electron chi connectivity index (χ0n) is 23.4. The summed E-state index contributed by atoms with van der Waals surface area (Å²) in [7, 11) is 0. The van der Waals surface area contributed by atoms with Crippen molar-refractivity contribution < 1.29 is 27.8 Å². The van der Waals surface area contributed by atoms with Gasteiger partial charge < -0.3 is 25.1 Å². The van der Waals surface area contributed by atoms with Gasteiger partial charge in [-0.15, -0.1) is 11.8 Å². The lowest BCUT2D eigenvalue weighted by Gasteiger charge is -2.39. The van der Waals surface area contributed by atoms with Crippen LogP contribution in [0.3, 0.4) is 0 Å². The van der Waals surface area contributed by atoms with Gasteiger partial charge in [-0.1, -0.05) is 11.6 Å². The Labute approximate surface area is 246 Å². The first kappa shape index (κ1) is 29.7. The Balaban J connectivity index is 1.23. The molecule has 1 aromatic heterocycles. The number of alkyl halides is 2. The number of carbonyl (C=O) groups is 2. The molecule has 1 atom stereocenters. The van der Waals surface area contributed by atoms with E-state index in [0.29, 0.717) is 53.9 Å². The quantitative estimate of drug-likeness (QED) is 0.358. The lowest BCUT2D eigenvalue weighted by atomic mass is 9.79. The van der Waals surface area contributed by atoms with Crippen molar-refractivity contribution in [3.63, 3.8) is 0 Å². The normalized spacial score (nSPS) is 25.0. The highest BCUT2D eigenvalue weighted by molar-refractivity contribution is 7.98. The summed E-state index contributed by atoms with van der Waals surface area (Å²) < 4.78 is 38.9. The highest BCUT2D eigenvalue weighted by Crippen LogP contribution is 2.51. The summed E-state index contributed by atoms with van der Waals surface area (Å²) in [5, 5.41) is 6.01. The molecule has 1 aromatic carbocycles. The van der Waals surface area contributed by atoms with Crippen molar-refractivity contribution in [2.75, 3.05) is 6.26 Å². The van der Waals surface area contributed by atoms with Gasteiger partial charge in [-0.05, 0) is 57.9 Å². The second kappa shape index (κ2) is 11.1. The van der Waals surface area contributed by atoms with Crippen LogP contribution in [0, 0.1) is 25.7 Å². The van der Waals surface area contributed by atoms with Crippen molar-refractivity contribution in [3.05, 3.63) is 49.9 Å². The number of pyridine rings is 1. The minimum absolute atomic E-state index is 0.0120. The average molecular weight is 610 g/mol. The van der Waals surface area contributed by atoms with Gasteiger partial charge >= 0.3 is 0 Å². The van der Waals surface area contributed by atoms with Crippen molar-refractivity contribution in [1.82, 2.24) is 15.6 Å². The number of aromatic amines is 1. The van der Waals surface area contributed by atoms with Gasteiger partial charge in [-0.3, -0.25) is 14.4 Å². The molecule has 2 fully saturated rings. The van der Waals surface area contributed by atoms with Gasteiger partial charge in [0.05, 0.1) is 5.02 Å². The first-order valence-electron chi connectivity index (χ1n) is 13.7. The molecule has 2 saturated carbocycles. The number of aryl methyl sites for hydroxylation is 1. The SMILES string of the molecule is CSc1cc(C)[nH]c(=O)c1CNC(=O)c1cc(Cl)c2c(c1C)O[C@](C)(C1CCC(NC(=O)C3CC(F)(F)C3)CC1)O2. The van der Waals surface area contributed by atoms with Crippen LogP contribution in [0.2, 0.25) is 5.02 Å². The third-order valence-corrected chi connectivity index (χ3v) is 9.53. The van der Waals surface area contributed by atoms with E-state index in [1.807, 2.05) is 19.2 Å². The van der Waals surface area contributed by atoms with Crippen molar-refractivity contribution in [3.8, 4) is 11.5 Å². The summed E-state index contributed by atoms with van der Waals surface area (Å²) in [6, 6.07) is 3.34. The molecular weight excluding hydrogens is 576 g/mol. The summed E-state index contributed by atoms with van der Waals surface area (Å²) >= 11 is 8.01. The van der Waals surface area contributed by atoms with Gasteiger partial charge in [0.25, 0.3) is 17.3 Å². The first-order chi connectivity index (χ1) is 19.3. The molecule has 222 valence electrons. The molecule has 12 heteroatoms. The Morgan fingerprint density at radius 2 is 1.78 bits per heavy atom. The van der Waals surface area contributed by atoms with E-state index in [9.17, 15) is 23.2 Å². The largest absolute Gasteiger partial charge is 0.448 e. The van der Waals surface area contributed by atoms with E-state index in [2.05, 4.69) is 15.6 Å². The Bertz CT molecular complexity index is 1430. The molecule has 3 aliphatic rings. The van der Waals surface area contributed by atoms with Crippen LogP contribution < -0.4 is 25.7 Å². The summed E-state index contributed by atoms with van der Waals surface area (Å²) in [4.78, 5) is 41.6. The van der Waals surface area contributed by atoms with Crippen LogP contribution in [0.5, 0.6) is 11.5 Å². The summed E-state index contributed by atoms with van der Waals surface area (Å²) in [5.74, 6) is -4.26. The first-order valence-corrected chi connectivity index (χ1v) is 15.3. The van der Waals surface area contributed by atoms with Crippen molar-refractivity contribution in [2.24, 2.45) is 11.8 Å². The summed E-state index contributed by atoms with van der Waals surface area (Å²) in [6.07, 6.45) is 3.86. The molecule has 41 heavy (non-hydrogen) atoms. The number of carbonyl (C=O) groups excluding carboxylic acids is 2. The maximum absolute atomic E-state index is 13.2. The van der Waals surface area contributed by atoms with Gasteiger partial charge in [0.15, 0.2) is 11.5 Å². The van der Waals surface area contributed by atoms with E-state index in [0.717, 1.165) is 10.6 Å². The second-order valence-electron chi connectivity index (χ2n) is 11.4. The molecule has 2 aliphatic carbocycles. The summed E-state index contributed by atoms with van der Waals surface area (Å²) in [5.41, 5.74) is 1.88. The monoisotopic (exact) mass is 609 g/mol. The molecule has 0 unspecified atom stereocenters. The van der Waals surface area contributed by atoms with Crippen LogP contribution in [0.1, 0.15) is 72.6 Å². The topological polar surface area (TPSA) is 110 Å². The van der Waals surface area contributed by atoms with E-state index in [1.54, 1.807) is 19.9 Å². The van der Waals surface area contributed by atoms with E-state index < -0.39 is 23.5 Å². The van der Waals surface area contributed by atoms with Crippen LogP contribution in [0.4, 0.5) is 8.78 Å². The van der Waals surface area contributed by atoms with E-state index in [1.165, 1.54) is 11.8 Å². The average Bonchev–Trinajstić information content (AvgIpc) is 3.28. The molecule has 8 nitrogen and oxygen atoms in total. The number of amides is 2. The maximum Gasteiger partial charge on any atom is 0.254 e. The number of H-pyrrole nitrogens is 1. The van der Waals surface area contributed by atoms with Crippen molar-refractivity contribution in [1.29, 1.82) is 0 Å². The molecule has 0 spiro atoms. The number of benzene rings is 1. The number of nitrogens with one attached hydrogen (secondary N) is 3. The van der Waals surface area contributed by atoms with Crippen LogP contribution in [-0.4, -0.2) is 40.8 Å². The fourth-order valence-corrected chi connectivity index (χ4v) is 6.92. The van der Waals surface area contributed by atoms with Crippen LogP contribution in [0.15, 0.2) is 21.8 Å². The molecule has 1 aliphatic heterocycles. The molecule has 2 heterocycles. The fraction of sp³-hybridized carbons (Fsp3) is 0.552. The van der Waals surface area contributed by atoms with Gasteiger partial charge in [-0.2, -0.15) is 0 Å². The van der Waals surface area contributed by atoms with Gasteiger partial charge in [0.2, 0.25) is 11.8 Å². The Morgan fingerprint density at radius 1 is 1.12 bits per heavy atom. The van der Waals surface area contributed by atoms with Crippen molar-refractivity contribution in [2.45, 2.75) is 88.5 Å². The van der Waals surface area contributed by atoms with Crippen LogP contribution >= 0.6 is 23.4 Å². The molecule has 3 N–H and O–H groups in total. The van der Waals surface area contributed by atoms with Gasteiger partial charge in [-0.25, -0.2) is 8.78 Å². The molecule has 0 radical (unpaired) electrons. The number of hydrogen-bond acceptors (Lipinski definition) is 6. The number of fused-ring (bicyclic) bond motifs is 1. The fourth-order valence-electron chi connectivity index (χ4n) is 5.98. The second-order valence-corrected chi connectivity index (χ2v) is 12.7. The van der Waals surface area contributed by atoms with E-state index in [4.69, 9.17) is 21.1 Å².